The Morgan fingerprint density at radius 2 is 2.18 bits per heavy atom. The fourth-order valence-corrected chi connectivity index (χ4v) is 2.23. The molecule has 0 radical (unpaired) electrons. The summed E-state index contributed by atoms with van der Waals surface area (Å²) in [6.07, 6.45) is 0.471. The van der Waals surface area contributed by atoms with Gasteiger partial charge in [0, 0.05) is 6.42 Å². The van der Waals surface area contributed by atoms with Crippen LogP contribution in [0.15, 0.2) is 18.2 Å². The normalized spacial score (nSPS) is 22.9. The number of hydrogen-bond donors (Lipinski definition) is 0. The molecule has 0 N–H and O–H groups in total. The smallest absolute Gasteiger partial charge is 0.340 e. The van der Waals surface area contributed by atoms with E-state index in [1.807, 2.05) is 12.1 Å². The monoisotopic (exact) mass is 229 g/mol. The first-order valence-corrected chi connectivity index (χ1v) is 5.73. The molecule has 1 unspecified atom stereocenters. The number of carbonyl (C=O) groups excluding carboxylic acids is 1. The predicted octanol–water partition coefficient (Wildman–Crippen LogP) is 2.81. The SMILES string of the molecule is CC(C)c1cccc2c1CC(C)(C#N)OC2=O. The average Bonchev–Trinajstić information content (AvgIpc) is 2.28. The molecule has 0 bridgehead atoms. The molecule has 3 nitrogen and oxygen atoms in total. The molecule has 1 aliphatic rings. The third-order valence-electron chi connectivity index (χ3n) is 3.12. The van der Waals surface area contributed by atoms with E-state index >= 15 is 0 Å². The third-order valence-corrected chi connectivity index (χ3v) is 3.12. The van der Waals surface area contributed by atoms with Gasteiger partial charge < -0.3 is 4.74 Å². The van der Waals surface area contributed by atoms with E-state index < -0.39 is 11.6 Å². The molecule has 3 heteroatoms. The summed E-state index contributed by atoms with van der Waals surface area (Å²) in [6, 6.07) is 7.72. The van der Waals surface area contributed by atoms with E-state index in [0.717, 1.165) is 11.1 Å². The quantitative estimate of drug-likeness (QED) is 0.696. The van der Waals surface area contributed by atoms with Crippen LogP contribution in [0.5, 0.6) is 0 Å². The number of ether oxygens (including phenoxy) is 1. The molecule has 0 aromatic heterocycles. The molecule has 0 saturated heterocycles. The van der Waals surface area contributed by atoms with Gasteiger partial charge in [0.15, 0.2) is 5.60 Å². The Bertz CT molecular complexity index is 513. The van der Waals surface area contributed by atoms with Gasteiger partial charge in [0.05, 0.1) is 5.56 Å². The third kappa shape index (κ3) is 1.91. The van der Waals surface area contributed by atoms with Crippen LogP contribution in [0.3, 0.4) is 0 Å². The van der Waals surface area contributed by atoms with E-state index in [1.54, 1.807) is 13.0 Å². The highest BCUT2D eigenvalue weighted by Crippen LogP contribution is 2.32. The van der Waals surface area contributed by atoms with Gasteiger partial charge in [-0.2, -0.15) is 5.26 Å². The Balaban J connectivity index is 2.59. The van der Waals surface area contributed by atoms with Crippen LogP contribution in [0.25, 0.3) is 0 Å². The van der Waals surface area contributed by atoms with Gasteiger partial charge in [-0.05, 0) is 30.0 Å². The second-order valence-corrected chi connectivity index (χ2v) is 4.94. The fourth-order valence-electron chi connectivity index (χ4n) is 2.23. The summed E-state index contributed by atoms with van der Waals surface area (Å²) in [7, 11) is 0. The largest absolute Gasteiger partial charge is 0.440 e. The lowest BCUT2D eigenvalue weighted by Gasteiger charge is -2.30. The first kappa shape index (κ1) is 11.7. The molecule has 1 atom stereocenters. The zero-order chi connectivity index (χ0) is 12.6. The van der Waals surface area contributed by atoms with Crippen LogP contribution >= 0.6 is 0 Å². The predicted molar refractivity (Wildman–Crippen MR) is 63.7 cm³/mol. The van der Waals surface area contributed by atoms with Crippen LogP contribution in [-0.4, -0.2) is 11.6 Å². The summed E-state index contributed by atoms with van der Waals surface area (Å²) >= 11 is 0. The number of fused-ring (bicyclic) bond motifs is 1. The molecule has 1 heterocycles. The molecule has 88 valence electrons. The number of cyclic esters (lactones) is 1. The van der Waals surface area contributed by atoms with E-state index in [4.69, 9.17) is 10.00 Å². The summed E-state index contributed by atoms with van der Waals surface area (Å²) < 4.78 is 5.18. The van der Waals surface area contributed by atoms with Gasteiger partial charge in [-0.3, -0.25) is 0 Å². The summed E-state index contributed by atoms with van der Waals surface area (Å²) in [6.45, 7) is 5.82. The van der Waals surface area contributed by atoms with Gasteiger partial charge in [-0.25, -0.2) is 4.79 Å². The van der Waals surface area contributed by atoms with Crippen molar-refractivity contribution in [2.45, 2.75) is 38.7 Å². The van der Waals surface area contributed by atoms with Crippen LogP contribution < -0.4 is 0 Å². The van der Waals surface area contributed by atoms with Crippen molar-refractivity contribution in [3.05, 3.63) is 34.9 Å². The zero-order valence-electron chi connectivity index (χ0n) is 10.3. The minimum atomic E-state index is -1.03. The minimum absolute atomic E-state index is 0.332. The van der Waals surface area contributed by atoms with Crippen molar-refractivity contribution in [3.8, 4) is 6.07 Å². The minimum Gasteiger partial charge on any atom is -0.440 e. The highest BCUT2D eigenvalue weighted by atomic mass is 16.6. The summed E-state index contributed by atoms with van der Waals surface area (Å²) in [5, 5.41) is 9.10. The van der Waals surface area contributed by atoms with Crippen LogP contribution in [0, 0.1) is 11.3 Å². The maximum atomic E-state index is 11.9. The second kappa shape index (κ2) is 3.89. The van der Waals surface area contributed by atoms with Crippen molar-refractivity contribution in [2.75, 3.05) is 0 Å². The molecule has 0 aliphatic carbocycles. The van der Waals surface area contributed by atoms with Gasteiger partial charge in [0.1, 0.15) is 6.07 Å². The van der Waals surface area contributed by atoms with Crippen molar-refractivity contribution < 1.29 is 9.53 Å². The number of nitrogens with zero attached hydrogens (tertiary/aromatic N) is 1. The average molecular weight is 229 g/mol. The topological polar surface area (TPSA) is 50.1 Å². The van der Waals surface area contributed by atoms with E-state index in [1.165, 1.54) is 0 Å². The Morgan fingerprint density at radius 1 is 1.47 bits per heavy atom. The van der Waals surface area contributed by atoms with Gasteiger partial charge in [0.2, 0.25) is 0 Å². The Morgan fingerprint density at radius 3 is 2.76 bits per heavy atom. The van der Waals surface area contributed by atoms with Crippen LogP contribution in [0.1, 0.15) is 48.2 Å². The van der Waals surface area contributed by atoms with Crippen LogP contribution in [0.4, 0.5) is 0 Å². The highest BCUT2D eigenvalue weighted by molar-refractivity contribution is 5.93. The Kier molecular flexibility index (Phi) is 2.66. The number of nitriles is 1. The van der Waals surface area contributed by atoms with E-state index in [2.05, 4.69) is 19.9 Å². The van der Waals surface area contributed by atoms with E-state index in [9.17, 15) is 4.79 Å². The maximum Gasteiger partial charge on any atom is 0.340 e. The van der Waals surface area contributed by atoms with Crippen molar-refractivity contribution in [1.82, 2.24) is 0 Å². The number of rotatable bonds is 1. The Labute approximate surface area is 101 Å². The number of benzene rings is 1. The van der Waals surface area contributed by atoms with Crippen LogP contribution in [-0.2, 0) is 11.2 Å². The molecule has 2 rings (SSSR count). The number of esters is 1. The first-order chi connectivity index (χ1) is 7.97. The van der Waals surface area contributed by atoms with Crippen molar-refractivity contribution in [1.29, 1.82) is 5.26 Å². The van der Waals surface area contributed by atoms with Gasteiger partial charge in [0.25, 0.3) is 0 Å². The molecular formula is C14H15NO2. The maximum absolute atomic E-state index is 11.9. The van der Waals surface area contributed by atoms with Crippen molar-refractivity contribution in [3.63, 3.8) is 0 Å². The molecule has 0 amide bonds. The van der Waals surface area contributed by atoms with Gasteiger partial charge >= 0.3 is 5.97 Å². The molecule has 0 fully saturated rings. The molecule has 1 aliphatic heterocycles. The number of carbonyl (C=O) groups is 1. The lowest BCUT2D eigenvalue weighted by molar-refractivity contribution is 0.00835. The Hall–Kier alpha value is -1.82. The lowest BCUT2D eigenvalue weighted by atomic mass is 9.84. The van der Waals surface area contributed by atoms with Crippen molar-refractivity contribution in [2.24, 2.45) is 0 Å². The van der Waals surface area contributed by atoms with Crippen molar-refractivity contribution >= 4 is 5.97 Å². The summed E-state index contributed by atoms with van der Waals surface area (Å²) in [5.41, 5.74) is 1.65. The molecular weight excluding hydrogens is 214 g/mol. The highest BCUT2D eigenvalue weighted by Gasteiger charge is 2.37. The van der Waals surface area contributed by atoms with E-state index in [-0.39, 0.29) is 0 Å². The molecule has 17 heavy (non-hydrogen) atoms. The second-order valence-electron chi connectivity index (χ2n) is 4.94. The van der Waals surface area contributed by atoms with E-state index in [0.29, 0.717) is 17.9 Å². The molecule has 1 aromatic carbocycles. The molecule has 0 saturated carbocycles. The summed E-state index contributed by atoms with van der Waals surface area (Å²) in [4.78, 5) is 11.9. The van der Waals surface area contributed by atoms with Gasteiger partial charge in [-0.1, -0.05) is 26.0 Å². The fraction of sp³-hybridized carbons (Fsp3) is 0.429. The summed E-state index contributed by atoms with van der Waals surface area (Å²) in [5.74, 6) is -0.0587. The van der Waals surface area contributed by atoms with Crippen LogP contribution in [0.2, 0.25) is 0 Å². The molecule has 1 aromatic rings. The van der Waals surface area contributed by atoms with Gasteiger partial charge in [-0.15, -0.1) is 0 Å². The standard InChI is InChI=1S/C14H15NO2/c1-9(2)10-5-4-6-11-12(10)7-14(3,8-15)17-13(11)16/h4-6,9H,7H2,1-3H3. The molecule has 0 spiro atoms. The zero-order valence-corrected chi connectivity index (χ0v) is 10.3. The first-order valence-electron chi connectivity index (χ1n) is 5.73. The number of hydrogen-bond acceptors (Lipinski definition) is 3. The lowest BCUT2D eigenvalue weighted by Crippen LogP contribution is -2.38.